The Morgan fingerprint density at radius 3 is 2.41 bits per heavy atom. The molecule has 1 aromatic carbocycles. The van der Waals surface area contributed by atoms with E-state index in [4.69, 9.17) is 9.47 Å². The second-order valence-electron chi connectivity index (χ2n) is 4.99. The molecule has 2 aromatic rings. The number of pyridine rings is 1. The molecule has 0 saturated heterocycles. The van der Waals surface area contributed by atoms with E-state index in [1.54, 1.807) is 26.5 Å². The van der Waals surface area contributed by atoms with Gasteiger partial charge in [-0.2, -0.15) is 0 Å². The van der Waals surface area contributed by atoms with E-state index in [9.17, 15) is 4.79 Å². The number of aromatic nitrogens is 1. The maximum atomic E-state index is 12.0. The van der Waals surface area contributed by atoms with Gasteiger partial charge in [0.1, 0.15) is 17.3 Å². The summed E-state index contributed by atoms with van der Waals surface area (Å²) in [5, 5.41) is 2.80. The Kier molecular flexibility index (Phi) is 5.36. The van der Waals surface area contributed by atoms with Gasteiger partial charge in [0, 0.05) is 18.7 Å². The third-order valence-corrected chi connectivity index (χ3v) is 3.23. The van der Waals surface area contributed by atoms with Crippen LogP contribution in [0.5, 0.6) is 11.5 Å². The minimum atomic E-state index is -0.0695. The van der Waals surface area contributed by atoms with Crippen LogP contribution in [-0.2, 0) is 11.2 Å². The first-order valence-electron chi connectivity index (χ1n) is 7.05. The number of carbonyl (C=O) groups is 1. The largest absolute Gasteiger partial charge is 0.497 e. The molecular formula is C17H20N2O3. The number of hydrogen-bond acceptors (Lipinski definition) is 4. The second kappa shape index (κ2) is 7.45. The number of methoxy groups -OCH3 is 2. The molecule has 1 N–H and O–H groups in total. The Balaban J connectivity index is 1.96. The van der Waals surface area contributed by atoms with Gasteiger partial charge < -0.3 is 14.8 Å². The zero-order valence-electron chi connectivity index (χ0n) is 13.1. The molecule has 0 aliphatic heterocycles. The van der Waals surface area contributed by atoms with Crippen molar-refractivity contribution in [2.24, 2.45) is 0 Å². The van der Waals surface area contributed by atoms with Crippen LogP contribution in [0.3, 0.4) is 0 Å². The van der Waals surface area contributed by atoms with Crippen LogP contribution in [0.15, 0.2) is 36.5 Å². The fourth-order valence-corrected chi connectivity index (χ4v) is 2.08. The summed E-state index contributed by atoms with van der Waals surface area (Å²) < 4.78 is 10.4. The van der Waals surface area contributed by atoms with Crippen LogP contribution < -0.4 is 14.8 Å². The molecule has 1 aromatic heterocycles. The quantitative estimate of drug-likeness (QED) is 0.891. The van der Waals surface area contributed by atoms with Crippen LogP contribution in [0.1, 0.15) is 17.5 Å². The summed E-state index contributed by atoms with van der Waals surface area (Å²) in [7, 11) is 3.21. The molecule has 0 radical (unpaired) electrons. The van der Waals surface area contributed by atoms with Gasteiger partial charge in [-0.25, -0.2) is 4.98 Å². The van der Waals surface area contributed by atoms with Crippen molar-refractivity contribution in [3.05, 3.63) is 47.7 Å². The number of benzene rings is 1. The van der Waals surface area contributed by atoms with Gasteiger partial charge in [0.25, 0.3) is 0 Å². The van der Waals surface area contributed by atoms with Crippen molar-refractivity contribution in [3.63, 3.8) is 0 Å². The summed E-state index contributed by atoms with van der Waals surface area (Å²) in [4.78, 5) is 16.1. The molecular weight excluding hydrogens is 280 g/mol. The predicted molar refractivity (Wildman–Crippen MR) is 85.5 cm³/mol. The minimum absolute atomic E-state index is 0.0695. The number of hydrogen-bond donors (Lipinski definition) is 1. The number of ether oxygens (including phenoxy) is 2. The molecule has 0 saturated carbocycles. The number of rotatable bonds is 6. The Hall–Kier alpha value is -2.56. The summed E-state index contributed by atoms with van der Waals surface area (Å²) >= 11 is 0. The zero-order valence-corrected chi connectivity index (χ0v) is 13.1. The molecule has 116 valence electrons. The highest BCUT2D eigenvalue weighted by atomic mass is 16.5. The SMILES string of the molecule is COc1cc(CCC(=O)Nc2cc(C)ccn2)cc(OC)c1. The Labute approximate surface area is 130 Å². The topological polar surface area (TPSA) is 60.5 Å². The highest BCUT2D eigenvalue weighted by Crippen LogP contribution is 2.23. The number of carbonyl (C=O) groups excluding carboxylic acids is 1. The Morgan fingerprint density at radius 1 is 1.14 bits per heavy atom. The highest BCUT2D eigenvalue weighted by molar-refractivity contribution is 5.89. The van der Waals surface area contributed by atoms with Gasteiger partial charge >= 0.3 is 0 Å². The molecule has 0 fully saturated rings. The van der Waals surface area contributed by atoms with Crippen LogP contribution in [0, 0.1) is 6.92 Å². The van der Waals surface area contributed by atoms with E-state index >= 15 is 0 Å². The van der Waals surface area contributed by atoms with Crippen LogP contribution in [0.2, 0.25) is 0 Å². The van der Waals surface area contributed by atoms with Gasteiger partial charge in [-0.05, 0) is 48.7 Å². The molecule has 0 bridgehead atoms. The first-order chi connectivity index (χ1) is 10.6. The van der Waals surface area contributed by atoms with Crippen LogP contribution in [0.25, 0.3) is 0 Å². The molecule has 1 amide bonds. The lowest BCUT2D eigenvalue weighted by molar-refractivity contribution is -0.116. The lowest BCUT2D eigenvalue weighted by Gasteiger charge is -2.09. The lowest BCUT2D eigenvalue weighted by atomic mass is 10.1. The van der Waals surface area contributed by atoms with Crippen LogP contribution in [0.4, 0.5) is 5.82 Å². The molecule has 2 rings (SSSR count). The maximum absolute atomic E-state index is 12.0. The Morgan fingerprint density at radius 2 is 1.82 bits per heavy atom. The monoisotopic (exact) mass is 300 g/mol. The number of nitrogens with one attached hydrogen (secondary N) is 1. The van der Waals surface area contributed by atoms with E-state index < -0.39 is 0 Å². The molecule has 5 nitrogen and oxygen atoms in total. The van der Waals surface area contributed by atoms with Crippen molar-refractivity contribution < 1.29 is 14.3 Å². The number of nitrogens with zero attached hydrogens (tertiary/aromatic N) is 1. The number of anilines is 1. The van der Waals surface area contributed by atoms with Gasteiger partial charge in [0.2, 0.25) is 5.91 Å². The first-order valence-corrected chi connectivity index (χ1v) is 7.05. The molecule has 1 heterocycles. The lowest BCUT2D eigenvalue weighted by Crippen LogP contribution is -2.13. The molecule has 0 atom stereocenters. The standard InChI is InChI=1S/C17H20N2O3/c1-12-6-7-18-16(8-12)19-17(20)5-4-13-9-14(21-2)11-15(10-13)22-3/h6-11H,4-5H2,1-3H3,(H,18,19,20). The summed E-state index contributed by atoms with van der Waals surface area (Å²) in [6.07, 6.45) is 2.65. The molecule has 0 aliphatic carbocycles. The summed E-state index contributed by atoms with van der Waals surface area (Å²) in [6.45, 7) is 1.96. The normalized spacial score (nSPS) is 10.1. The van der Waals surface area contributed by atoms with E-state index in [1.807, 2.05) is 31.2 Å². The van der Waals surface area contributed by atoms with Crippen molar-refractivity contribution in [1.82, 2.24) is 4.98 Å². The minimum Gasteiger partial charge on any atom is -0.497 e. The van der Waals surface area contributed by atoms with Crippen molar-refractivity contribution in [2.75, 3.05) is 19.5 Å². The first kappa shape index (κ1) is 15.8. The van der Waals surface area contributed by atoms with Gasteiger partial charge in [-0.15, -0.1) is 0 Å². The van der Waals surface area contributed by atoms with Crippen molar-refractivity contribution in [3.8, 4) is 11.5 Å². The zero-order chi connectivity index (χ0) is 15.9. The van der Waals surface area contributed by atoms with Gasteiger partial charge in [0.15, 0.2) is 0 Å². The molecule has 0 aliphatic rings. The van der Waals surface area contributed by atoms with Crippen LogP contribution >= 0.6 is 0 Å². The van der Waals surface area contributed by atoms with Gasteiger partial charge in [0.05, 0.1) is 14.2 Å². The van der Waals surface area contributed by atoms with Crippen LogP contribution in [-0.4, -0.2) is 25.1 Å². The summed E-state index contributed by atoms with van der Waals surface area (Å²) in [5.74, 6) is 1.94. The number of aryl methyl sites for hydroxylation is 2. The van der Waals surface area contributed by atoms with Gasteiger partial charge in [-0.3, -0.25) is 4.79 Å². The smallest absolute Gasteiger partial charge is 0.225 e. The third kappa shape index (κ3) is 4.48. The van der Waals surface area contributed by atoms with Crippen molar-refractivity contribution in [2.45, 2.75) is 19.8 Å². The predicted octanol–water partition coefficient (Wildman–Crippen LogP) is 2.98. The van der Waals surface area contributed by atoms with Crippen molar-refractivity contribution >= 4 is 11.7 Å². The second-order valence-corrected chi connectivity index (χ2v) is 4.99. The molecule has 0 unspecified atom stereocenters. The van der Waals surface area contributed by atoms with E-state index in [2.05, 4.69) is 10.3 Å². The summed E-state index contributed by atoms with van der Waals surface area (Å²) in [5.41, 5.74) is 2.05. The third-order valence-electron chi connectivity index (χ3n) is 3.23. The average molecular weight is 300 g/mol. The van der Waals surface area contributed by atoms with E-state index in [0.29, 0.717) is 18.7 Å². The Bertz CT molecular complexity index is 634. The molecule has 22 heavy (non-hydrogen) atoms. The highest BCUT2D eigenvalue weighted by Gasteiger charge is 2.07. The molecule has 5 heteroatoms. The number of amides is 1. The van der Waals surface area contributed by atoms with Crippen molar-refractivity contribution in [1.29, 1.82) is 0 Å². The average Bonchev–Trinajstić information content (AvgIpc) is 2.52. The van der Waals surface area contributed by atoms with E-state index in [1.165, 1.54) is 0 Å². The fourth-order valence-electron chi connectivity index (χ4n) is 2.08. The summed E-state index contributed by atoms with van der Waals surface area (Å²) in [6, 6.07) is 9.34. The fraction of sp³-hybridized carbons (Fsp3) is 0.294. The van der Waals surface area contributed by atoms with E-state index in [0.717, 1.165) is 22.6 Å². The maximum Gasteiger partial charge on any atom is 0.225 e. The molecule has 0 spiro atoms. The van der Waals surface area contributed by atoms with Gasteiger partial charge in [-0.1, -0.05) is 0 Å². The van der Waals surface area contributed by atoms with E-state index in [-0.39, 0.29) is 5.91 Å².